The van der Waals surface area contributed by atoms with Crippen LogP contribution in [0, 0.1) is 0 Å². The summed E-state index contributed by atoms with van der Waals surface area (Å²) in [5, 5.41) is 9.29. The Morgan fingerprint density at radius 1 is 1.05 bits per heavy atom. The van der Waals surface area contributed by atoms with Gasteiger partial charge in [0.1, 0.15) is 0 Å². The lowest BCUT2D eigenvalue weighted by Gasteiger charge is -2.13. The van der Waals surface area contributed by atoms with E-state index in [4.69, 9.17) is 5.11 Å². The molecule has 1 rings (SSSR count). The Morgan fingerprint density at radius 3 is 1.74 bits per heavy atom. The SMILES string of the molecule is CCN(CC)CC.CO.O.S=C=Nc1ccccc1. The summed E-state index contributed by atoms with van der Waals surface area (Å²) < 4.78 is 0. The van der Waals surface area contributed by atoms with E-state index in [0.29, 0.717) is 0 Å². The molecule has 0 aliphatic rings. The number of aliphatic hydroxyl groups is 1. The third-order valence-corrected chi connectivity index (χ3v) is 2.36. The molecule has 0 aromatic heterocycles. The fraction of sp³-hybridized carbons (Fsp3) is 0.500. The average molecular weight is 286 g/mol. The van der Waals surface area contributed by atoms with Gasteiger partial charge in [-0.25, -0.2) is 0 Å². The Bertz CT molecular complexity index is 305. The van der Waals surface area contributed by atoms with E-state index in [1.165, 1.54) is 19.6 Å². The van der Waals surface area contributed by atoms with Crippen molar-refractivity contribution in [1.82, 2.24) is 4.90 Å². The summed E-state index contributed by atoms with van der Waals surface area (Å²) in [5.41, 5.74) is 0.854. The second kappa shape index (κ2) is 19.2. The van der Waals surface area contributed by atoms with Crippen LogP contribution in [0.5, 0.6) is 0 Å². The molecule has 0 atom stereocenters. The lowest BCUT2D eigenvalue weighted by molar-refractivity contribution is 0.321. The number of aliphatic imine (C=N–C) groups is 1. The molecule has 1 aromatic rings. The summed E-state index contributed by atoms with van der Waals surface area (Å²) in [4.78, 5) is 6.15. The maximum Gasteiger partial charge on any atom is 0.0739 e. The van der Waals surface area contributed by atoms with Crippen LogP contribution in [0.2, 0.25) is 0 Å². The van der Waals surface area contributed by atoms with Crippen LogP contribution in [-0.4, -0.2) is 47.4 Å². The number of hydrogen-bond donors (Lipinski definition) is 1. The molecular weight excluding hydrogens is 260 g/mol. The van der Waals surface area contributed by atoms with Gasteiger partial charge in [0.25, 0.3) is 0 Å². The minimum absolute atomic E-state index is 0. The van der Waals surface area contributed by atoms with Crippen molar-refractivity contribution >= 4 is 23.1 Å². The van der Waals surface area contributed by atoms with E-state index in [1.54, 1.807) is 0 Å². The molecular formula is C14H26N2O2S. The smallest absolute Gasteiger partial charge is 0.0739 e. The van der Waals surface area contributed by atoms with E-state index < -0.39 is 0 Å². The van der Waals surface area contributed by atoms with E-state index in [9.17, 15) is 0 Å². The van der Waals surface area contributed by atoms with Crippen molar-refractivity contribution in [1.29, 1.82) is 0 Å². The van der Waals surface area contributed by atoms with Crippen molar-refractivity contribution < 1.29 is 10.6 Å². The maximum absolute atomic E-state index is 7.00. The van der Waals surface area contributed by atoms with Crippen LogP contribution < -0.4 is 0 Å². The predicted molar refractivity (Wildman–Crippen MR) is 86.3 cm³/mol. The number of hydrogen-bond acceptors (Lipinski definition) is 4. The van der Waals surface area contributed by atoms with Crippen LogP contribution >= 0.6 is 12.2 Å². The first-order valence-electron chi connectivity index (χ1n) is 6.08. The largest absolute Gasteiger partial charge is 0.412 e. The average Bonchev–Trinajstić information content (AvgIpc) is 2.45. The normalized spacial score (nSPS) is 7.89. The first-order valence-corrected chi connectivity index (χ1v) is 6.49. The van der Waals surface area contributed by atoms with Crippen LogP contribution in [-0.2, 0) is 0 Å². The molecule has 0 amide bonds. The van der Waals surface area contributed by atoms with Crippen LogP contribution in [0.4, 0.5) is 5.69 Å². The van der Waals surface area contributed by atoms with Gasteiger partial charge in [-0.3, -0.25) is 0 Å². The summed E-state index contributed by atoms with van der Waals surface area (Å²) in [5.74, 6) is 0. The molecule has 0 aliphatic heterocycles. The molecule has 0 spiro atoms. The van der Waals surface area contributed by atoms with E-state index in [2.05, 4.69) is 48.0 Å². The molecule has 0 aliphatic carbocycles. The van der Waals surface area contributed by atoms with Gasteiger partial charge in [0, 0.05) is 7.11 Å². The number of nitrogens with zero attached hydrogens (tertiary/aromatic N) is 2. The number of rotatable bonds is 4. The van der Waals surface area contributed by atoms with Gasteiger partial charge >= 0.3 is 0 Å². The Kier molecular flexibility index (Phi) is 23.3. The molecule has 4 nitrogen and oxygen atoms in total. The molecule has 19 heavy (non-hydrogen) atoms. The molecule has 0 radical (unpaired) electrons. The zero-order valence-electron chi connectivity index (χ0n) is 12.3. The second-order valence-electron chi connectivity index (χ2n) is 3.16. The van der Waals surface area contributed by atoms with E-state index in [0.717, 1.165) is 12.8 Å². The molecule has 0 bridgehead atoms. The standard InChI is InChI=1S/C7H5NS.C6H15N.CH4O.H2O/c9-6-8-7-4-2-1-3-5-7;1-4-7(5-2)6-3;1-2;/h1-5H;4-6H2,1-3H3;2H,1H3;1H2. The molecule has 0 heterocycles. The van der Waals surface area contributed by atoms with Crippen molar-refractivity contribution in [3.63, 3.8) is 0 Å². The van der Waals surface area contributed by atoms with E-state index in [1.807, 2.05) is 30.3 Å². The van der Waals surface area contributed by atoms with Gasteiger partial charge in [-0.2, -0.15) is 4.99 Å². The summed E-state index contributed by atoms with van der Waals surface area (Å²) in [7, 11) is 1.00. The Labute approximate surface area is 122 Å². The van der Waals surface area contributed by atoms with Gasteiger partial charge in [-0.05, 0) is 44.0 Å². The minimum Gasteiger partial charge on any atom is -0.412 e. The Morgan fingerprint density at radius 2 is 1.47 bits per heavy atom. The van der Waals surface area contributed by atoms with Crippen molar-refractivity contribution in [2.75, 3.05) is 26.7 Å². The van der Waals surface area contributed by atoms with Crippen LogP contribution in [0.15, 0.2) is 35.3 Å². The number of para-hydroxylation sites is 1. The highest BCUT2D eigenvalue weighted by Crippen LogP contribution is 2.07. The zero-order valence-corrected chi connectivity index (χ0v) is 13.1. The molecule has 5 heteroatoms. The third-order valence-electron chi connectivity index (χ3n) is 2.27. The van der Waals surface area contributed by atoms with Crippen molar-refractivity contribution in [2.45, 2.75) is 20.8 Å². The van der Waals surface area contributed by atoms with Gasteiger partial charge in [0.2, 0.25) is 0 Å². The highest BCUT2D eigenvalue weighted by molar-refractivity contribution is 7.78. The Hall–Kier alpha value is -1.10. The van der Waals surface area contributed by atoms with Gasteiger partial charge in [-0.15, -0.1) is 0 Å². The van der Waals surface area contributed by atoms with Gasteiger partial charge in [0.15, 0.2) is 0 Å². The molecule has 110 valence electrons. The number of isothiocyanates is 1. The lowest BCUT2D eigenvalue weighted by atomic mass is 10.3. The quantitative estimate of drug-likeness (QED) is 0.683. The first-order chi connectivity index (χ1) is 8.78. The highest BCUT2D eigenvalue weighted by Gasteiger charge is 1.89. The van der Waals surface area contributed by atoms with E-state index >= 15 is 0 Å². The summed E-state index contributed by atoms with van der Waals surface area (Å²) >= 11 is 4.42. The van der Waals surface area contributed by atoms with Gasteiger partial charge in [-0.1, -0.05) is 39.0 Å². The van der Waals surface area contributed by atoms with Crippen LogP contribution in [0.1, 0.15) is 20.8 Å². The topological polar surface area (TPSA) is 67.3 Å². The lowest BCUT2D eigenvalue weighted by Crippen LogP contribution is -2.21. The summed E-state index contributed by atoms with van der Waals surface area (Å²) in [6.07, 6.45) is 0. The molecule has 0 unspecified atom stereocenters. The van der Waals surface area contributed by atoms with Crippen LogP contribution in [0.3, 0.4) is 0 Å². The van der Waals surface area contributed by atoms with Crippen LogP contribution in [0.25, 0.3) is 0 Å². The minimum atomic E-state index is 0. The zero-order chi connectivity index (χ0) is 14.2. The number of aliphatic hydroxyl groups excluding tert-OH is 1. The molecule has 0 fully saturated rings. The molecule has 3 N–H and O–H groups in total. The summed E-state index contributed by atoms with van der Waals surface area (Å²) in [6, 6.07) is 9.50. The highest BCUT2D eigenvalue weighted by atomic mass is 32.1. The second-order valence-corrected chi connectivity index (χ2v) is 3.34. The number of benzene rings is 1. The molecule has 0 saturated carbocycles. The monoisotopic (exact) mass is 286 g/mol. The third kappa shape index (κ3) is 14.8. The predicted octanol–water partition coefficient (Wildman–Crippen LogP) is 2.55. The fourth-order valence-corrected chi connectivity index (χ4v) is 1.33. The molecule has 0 saturated heterocycles. The summed E-state index contributed by atoms with van der Waals surface area (Å²) in [6.45, 7) is 10.1. The van der Waals surface area contributed by atoms with Crippen molar-refractivity contribution in [3.05, 3.63) is 30.3 Å². The Balaban J connectivity index is -0.000000233. The maximum atomic E-state index is 7.00. The van der Waals surface area contributed by atoms with E-state index in [-0.39, 0.29) is 5.48 Å². The fourth-order valence-electron chi connectivity index (χ4n) is 1.23. The molecule has 1 aromatic carbocycles. The van der Waals surface area contributed by atoms with Gasteiger partial charge < -0.3 is 15.5 Å². The number of thiocarbonyl (C=S) groups is 1. The first kappa shape index (κ1) is 23.0. The van der Waals surface area contributed by atoms with Crippen molar-refractivity contribution in [2.24, 2.45) is 4.99 Å². The van der Waals surface area contributed by atoms with Crippen molar-refractivity contribution in [3.8, 4) is 0 Å². The van der Waals surface area contributed by atoms with Gasteiger partial charge in [0.05, 0.1) is 10.8 Å².